The van der Waals surface area contributed by atoms with Gasteiger partial charge in [0.1, 0.15) is 5.01 Å². The molecule has 0 radical (unpaired) electrons. The molecule has 0 atom stereocenters. The summed E-state index contributed by atoms with van der Waals surface area (Å²) in [5, 5.41) is 13.7. The number of aryl methyl sites for hydroxylation is 1. The van der Waals surface area contributed by atoms with Crippen LogP contribution in [0.5, 0.6) is 0 Å². The van der Waals surface area contributed by atoms with Crippen LogP contribution in [0.15, 0.2) is 38.3 Å². The molecule has 0 aliphatic rings. The molecule has 0 unspecified atom stereocenters. The number of nitrogens with zero attached hydrogens (tertiary/aromatic N) is 3. The van der Waals surface area contributed by atoms with Crippen molar-refractivity contribution in [2.45, 2.75) is 27.8 Å². The Hall–Kier alpha value is -1.95. The lowest BCUT2D eigenvalue weighted by Crippen LogP contribution is -2.14. The van der Waals surface area contributed by atoms with Gasteiger partial charge in [0, 0.05) is 16.8 Å². The fraction of sp³-hybridized carbons (Fsp3) is 0.235. The summed E-state index contributed by atoms with van der Waals surface area (Å²) in [6.45, 7) is 2.00. The molecule has 146 valence electrons. The highest BCUT2D eigenvalue weighted by Crippen LogP contribution is 2.30. The minimum absolute atomic E-state index is 0.0855. The van der Waals surface area contributed by atoms with Gasteiger partial charge in [0.25, 0.3) is 0 Å². The van der Waals surface area contributed by atoms with Crippen LogP contribution in [0, 0.1) is 6.92 Å². The van der Waals surface area contributed by atoms with E-state index in [0.29, 0.717) is 10.1 Å². The molecule has 2 amide bonds. The first-order chi connectivity index (χ1) is 13.5. The monoisotopic (exact) mass is 451 g/mol. The average Bonchev–Trinajstić information content (AvgIpc) is 3.29. The van der Waals surface area contributed by atoms with E-state index in [9.17, 15) is 9.59 Å². The number of carbonyl (C=O) groups excluding carboxylic acids is 2. The first-order valence-electron chi connectivity index (χ1n) is 8.15. The highest BCUT2D eigenvalue weighted by atomic mass is 32.2. The summed E-state index contributed by atoms with van der Waals surface area (Å²) >= 11 is 5.70. The normalized spacial score (nSPS) is 10.8. The molecule has 0 fully saturated rings. The number of nitrogens with two attached hydrogens (primary N) is 1. The molecule has 3 N–H and O–H groups in total. The fourth-order valence-corrected chi connectivity index (χ4v) is 5.61. The number of anilines is 1. The predicted octanol–water partition coefficient (Wildman–Crippen LogP) is 3.35. The summed E-state index contributed by atoms with van der Waals surface area (Å²) in [7, 11) is 0. The van der Waals surface area contributed by atoms with Crippen LogP contribution in [-0.2, 0) is 21.8 Å². The molecular weight excluding hydrogens is 434 g/mol. The van der Waals surface area contributed by atoms with Gasteiger partial charge in [-0.25, -0.2) is 4.98 Å². The van der Waals surface area contributed by atoms with Crippen LogP contribution in [0.25, 0.3) is 0 Å². The van der Waals surface area contributed by atoms with Crippen molar-refractivity contribution in [3.63, 3.8) is 0 Å². The van der Waals surface area contributed by atoms with Gasteiger partial charge in [-0.1, -0.05) is 52.6 Å². The molecule has 2 aromatic heterocycles. The van der Waals surface area contributed by atoms with Gasteiger partial charge in [0.05, 0.1) is 17.9 Å². The largest absolute Gasteiger partial charge is 0.369 e. The Labute approximate surface area is 178 Å². The second kappa shape index (κ2) is 10.0. The van der Waals surface area contributed by atoms with Crippen molar-refractivity contribution in [3.05, 3.63) is 45.9 Å². The fourth-order valence-electron chi connectivity index (χ4n) is 2.06. The topological polar surface area (TPSA) is 111 Å². The van der Waals surface area contributed by atoms with E-state index in [4.69, 9.17) is 5.73 Å². The SMILES string of the molecule is Cc1ccc(NC(=O)Cc2nc(CSc3nnc(SCC(N)=O)s3)cs2)cc1. The number of amides is 2. The number of thiazole rings is 1. The van der Waals surface area contributed by atoms with E-state index >= 15 is 0 Å². The van der Waals surface area contributed by atoms with Gasteiger partial charge >= 0.3 is 0 Å². The van der Waals surface area contributed by atoms with Crippen molar-refractivity contribution in [1.29, 1.82) is 0 Å². The number of thioether (sulfide) groups is 2. The lowest BCUT2D eigenvalue weighted by molar-refractivity contribution is -0.116. The van der Waals surface area contributed by atoms with Gasteiger partial charge in [0.2, 0.25) is 11.8 Å². The second-order valence-electron chi connectivity index (χ2n) is 5.70. The molecule has 11 heteroatoms. The zero-order chi connectivity index (χ0) is 19.9. The van der Waals surface area contributed by atoms with Gasteiger partial charge < -0.3 is 11.1 Å². The number of primary amides is 1. The maximum absolute atomic E-state index is 12.2. The molecule has 1 aromatic carbocycles. The summed E-state index contributed by atoms with van der Waals surface area (Å²) < 4.78 is 1.52. The zero-order valence-corrected chi connectivity index (χ0v) is 18.1. The van der Waals surface area contributed by atoms with Gasteiger partial charge in [-0.3, -0.25) is 9.59 Å². The van der Waals surface area contributed by atoms with Crippen molar-refractivity contribution in [2.75, 3.05) is 11.1 Å². The summed E-state index contributed by atoms with van der Waals surface area (Å²) in [5.41, 5.74) is 7.95. The number of benzene rings is 1. The van der Waals surface area contributed by atoms with Gasteiger partial charge in [-0.2, -0.15) is 0 Å². The molecular formula is C17H17N5O2S4. The van der Waals surface area contributed by atoms with Gasteiger partial charge in [-0.05, 0) is 19.1 Å². The van der Waals surface area contributed by atoms with E-state index in [1.165, 1.54) is 46.2 Å². The number of hydrogen-bond acceptors (Lipinski definition) is 9. The maximum atomic E-state index is 12.2. The van der Waals surface area contributed by atoms with Crippen molar-refractivity contribution < 1.29 is 9.59 Å². The lowest BCUT2D eigenvalue weighted by atomic mass is 10.2. The first kappa shape index (κ1) is 20.8. The molecule has 0 saturated carbocycles. The standard InChI is InChI=1S/C17H17N5O2S4/c1-10-2-4-11(5-3-10)19-14(24)6-15-20-12(7-25-15)8-26-16-21-22-17(28-16)27-9-13(18)23/h2-5,7H,6,8-9H2,1H3,(H2,18,23)(H,19,24). The lowest BCUT2D eigenvalue weighted by Gasteiger charge is -2.04. The Kier molecular flexibility index (Phi) is 7.43. The quantitative estimate of drug-likeness (QED) is 0.480. The van der Waals surface area contributed by atoms with Crippen LogP contribution in [0.2, 0.25) is 0 Å². The number of nitrogens with one attached hydrogen (secondary N) is 1. The highest BCUT2D eigenvalue weighted by molar-refractivity contribution is 8.03. The Bertz CT molecular complexity index is 955. The first-order valence-corrected chi connectivity index (χ1v) is 11.8. The average molecular weight is 452 g/mol. The van der Waals surface area contributed by atoms with Crippen LogP contribution in [0.1, 0.15) is 16.3 Å². The Morgan fingerprint density at radius 1 is 1.14 bits per heavy atom. The van der Waals surface area contributed by atoms with Crippen LogP contribution in [0.3, 0.4) is 0 Å². The summed E-state index contributed by atoms with van der Waals surface area (Å²) in [6.07, 6.45) is 0.246. The Morgan fingerprint density at radius 3 is 2.57 bits per heavy atom. The molecule has 0 bridgehead atoms. The number of aromatic nitrogens is 3. The smallest absolute Gasteiger partial charge is 0.231 e. The maximum Gasteiger partial charge on any atom is 0.231 e. The van der Waals surface area contributed by atoms with E-state index in [1.54, 1.807) is 0 Å². The summed E-state index contributed by atoms with van der Waals surface area (Å²) in [4.78, 5) is 27.5. The number of rotatable bonds is 9. The van der Waals surface area contributed by atoms with Crippen LogP contribution in [0.4, 0.5) is 5.69 Å². The third kappa shape index (κ3) is 6.59. The van der Waals surface area contributed by atoms with Crippen molar-refractivity contribution in [1.82, 2.24) is 15.2 Å². The molecule has 0 aliphatic heterocycles. The number of carbonyl (C=O) groups is 2. The number of hydrogen-bond donors (Lipinski definition) is 2. The minimum atomic E-state index is -0.379. The minimum Gasteiger partial charge on any atom is -0.369 e. The predicted molar refractivity (Wildman–Crippen MR) is 115 cm³/mol. The van der Waals surface area contributed by atoms with E-state index in [2.05, 4.69) is 20.5 Å². The van der Waals surface area contributed by atoms with Crippen molar-refractivity contribution >= 4 is 63.7 Å². The Morgan fingerprint density at radius 2 is 1.86 bits per heavy atom. The van der Waals surface area contributed by atoms with Crippen molar-refractivity contribution in [3.8, 4) is 0 Å². The molecule has 0 aliphatic carbocycles. The van der Waals surface area contributed by atoms with Gasteiger partial charge in [0.15, 0.2) is 8.68 Å². The van der Waals surface area contributed by atoms with Crippen LogP contribution < -0.4 is 11.1 Å². The molecule has 2 heterocycles. The third-order valence-electron chi connectivity index (χ3n) is 3.32. The van der Waals surface area contributed by atoms with E-state index < -0.39 is 0 Å². The highest BCUT2D eigenvalue weighted by Gasteiger charge is 2.11. The molecule has 3 rings (SSSR count). The van der Waals surface area contributed by atoms with E-state index in [-0.39, 0.29) is 24.0 Å². The molecule has 28 heavy (non-hydrogen) atoms. The van der Waals surface area contributed by atoms with Crippen LogP contribution in [-0.4, -0.2) is 32.7 Å². The van der Waals surface area contributed by atoms with E-state index in [0.717, 1.165) is 26.3 Å². The molecule has 3 aromatic rings. The zero-order valence-electron chi connectivity index (χ0n) is 14.9. The van der Waals surface area contributed by atoms with Crippen LogP contribution >= 0.6 is 46.2 Å². The molecule has 0 saturated heterocycles. The molecule has 0 spiro atoms. The van der Waals surface area contributed by atoms with E-state index in [1.807, 2.05) is 36.6 Å². The van der Waals surface area contributed by atoms with Crippen molar-refractivity contribution in [2.24, 2.45) is 5.73 Å². The third-order valence-corrected chi connectivity index (χ3v) is 7.46. The second-order valence-corrected chi connectivity index (χ2v) is 10.1. The summed E-state index contributed by atoms with van der Waals surface area (Å²) in [5.74, 6) is 0.374. The van der Waals surface area contributed by atoms with Gasteiger partial charge in [-0.15, -0.1) is 21.5 Å². The summed E-state index contributed by atoms with van der Waals surface area (Å²) in [6, 6.07) is 7.68. The molecule has 7 nitrogen and oxygen atoms in total. The Balaban J connectivity index is 1.46.